The Morgan fingerprint density at radius 1 is 0.274 bits per heavy atom. The van der Waals surface area contributed by atoms with Crippen molar-refractivity contribution >= 4 is 118 Å². The molecule has 0 radical (unpaired) electrons. The summed E-state index contributed by atoms with van der Waals surface area (Å²) < 4.78 is 5.03. The molecule has 0 aliphatic heterocycles. The summed E-state index contributed by atoms with van der Waals surface area (Å²) in [6, 6.07) is 79.2. The van der Waals surface area contributed by atoms with E-state index in [4.69, 9.17) is 0 Å². The molecular formula is C60H35NS. The molecule has 12 aromatic carbocycles. The molecule has 0 atom stereocenters. The van der Waals surface area contributed by atoms with E-state index in [9.17, 15) is 0 Å². The quantitative estimate of drug-likeness (QED) is 0.124. The molecule has 0 fully saturated rings. The average Bonchev–Trinajstić information content (AvgIpc) is 3.87. The molecule has 0 saturated heterocycles. The third kappa shape index (κ3) is 4.73. The molecule has 0 unspecified atom stereocenters. The normalized spacial score (nSPS) is 12.2. The molecule has 14 aromatic rings. The van der Waals surface area contributed by atoms with Gasteiger partial charge in [0.25, 0.3) is 0 Å². The Morgan fingerprint density at radius 2 is 0.806 bits per heavy atom. The highest BCUT2D eigenvalue weighted by Crippen LogP contribution is 2.48. The summed E-state index contributed by atoms with van der Waals surface area (Å²) in [6.45, 7) is 0. The summed E-state index contributed by atoms with van der Waals surface area (Å²) in [5, 5.41) is 20.7. The Bertz CT molecular complexity index is 4150. The summed E-state index contributed by atoms with van der Waals surface area (Å²) >= 11 is 1.91. The van der Waals surface area contributed by atoms with E-state index in [0.717, 1.165) is 0 Å². The Labute approximate surface area is 360 Å². The molecule has 2 heteroatoms. The zero-order chi connectivity index (χ0) is 40.5. The van der Waals surface area contributed by atoms with Crippen molar-refractivity contribution in [3.05, 3.63) is 212 Å². The number of thiophene rings is 1. The Balaban J connectivity index is 1.00. The van der Waals surface area contributed by atoms with Gasteiger partial charge < -0.3 is 4.57 Å². The second kappa shape index (κ2) is 12.9. The van der Waals surface area contributed by atoms with Crippen LogP contribution in [0, 0.1) is 0 Å². The fourth-order valence-corrected chi connectivity index (χ4v) is 12.0. The molecule has 0 spiro atoms. The standard InChI is InChI=1S/C60H35NS/c1-2-15-39(16-3-1)61-54-25-13-12-20-43(54)51-32-37(28-31-55(51)61)58-45-21-8-10-23-47(45)59(48-24-11-9-22-46(48)58)38-27-29-44-52-34-53-50(35-57(52)62-56(44)33-38)42-19-7-6-18-41(42)49-30-26-36-14-4-5-17-40(36)60(49)53/h1-35H. The van der Waals surface area contributed by atoms with E-state index in [-0.39, 0.29) is 0 Å². The van der Waals surface area contributed by atoms with E-state index in [1.54, 1.807) is 0 Å². The zero-order valence-electron chi connectivity index (χ0n) is 33.6. The van der Waals surface area contributed by atoms with Crippen LogP contribution in [0.15, 0.2) is 212 Å². The lowest BCUT2D eigenvalue weighted by Crippen LogP contribution is -1.93. The number of aromatic nitrogens is 1. The van der Waals surface area contributed by atoms with Crippen LogP contribution in [0.5, 0.6) is 0 Å². The second-order valence-corrected chi connectivity index (χ2v) is 17.8. The Morgan fingerprint density at radius 3 is 1.53 bits per heavy atom. The van der Waals surface area contributed by atoms with E-state index in [1.165, 1.54) is 135 Å². The second-order valence-electron chi connectivity index (χ2n) is 16.7. The SMILES string of the molecule is c1ccc(-n2c3ccccc3c3cc(-c4c5ccccc5c(-c5ccc6c(c5)sc5cc7c8ccccc8c8ccc9ccccc9c8c7cc56)c5ccccc45)ccc32)cc1. The van der Waals surface area contributed by atoms with Crippen LogP contribution in [-0.2, 0) is 0 Å². The third-order valence-corrected chi connectivity index (χ3v) is 14.6. The van der Waals surface area contributed by atoms with Gasteiger partial charge in [0.15, 0.2) is 0 Å². The molecule has 0 aliphatic carbocycles. The number of rotatable bonds is 3. The highest BCUT2D eigenvalue weighted by molar-refractivity contribution is 7.26. The van der Waals surface area contributed by atoms with Gasteiger partial charge >= 0.3 is 0 Å². The highest BCUT2D eigenvalue weighted by Gasteiger charge is 2.20. The smallest absolute Gasteiger partial charge is 0.0541 e. The number of fused-ring (bicyclic) bond motifs is 16. The topological polar surface area (TPSA) is 4.93 Å². The van der Waals surface area contributed by atoms with E-state index in [0.29, 0.717) is 0 Å². The summed E-state index contributed by atoms with van der Waals surface area (Å²) in [6.07, 6.45) is 0. The maximum Gasteiger partial charge on any atom is 0.0541 e. The molecule has 0 amide bonds. The van der Waals surface area contributed by atoms with Gasteiger partial charge in [0.2, 0.25) is 0 Å². The minimum Gasteiger partial charge on any atom is -0.309 e. The predicted octanol–water partition coefficient (Wildman–Crippen LogP) is 17.4. The van der Waals surface area contributed by atoms with Crippen molar-refractivity contribution in [3.63, 3.8) is 0 Å². The zero-order valence-corrected chi connectivity index (χ0v) is 34.4. The Hall–Kier alpha value is -7.78. The molecule has 0 bridgehead atoms. The predicted molar refractivity (Wildman–Crippen MR) is 270 cm³/mol. The number of hydrogen-bond acceptors (Lipinski definition) is 1. The lowest BCUT2D eigenvalue weighted by Gasteiger charge is -2.18. The van der Waals surface area contributed by atoms with Crippen LogP contribution in [0.1, 0.15) is 0 Å². The lowest BCUT2D eigenvalue weighted by molar-refractivity contribution is 1.18. The van der Waals surface area contributed by atoms with Gasteiger partial charge in [-0.15, -0.1) is 11.3 Å². The number of para-hydroxylation sites is 2. The minimum atomic E-state index is 1.17. The van der Waals surface area contributed by atoms with E-state index in [2.05, 4.69) is 217 Å². The van der Waals surface area contributed by atoms with E-state index >= 15 is 0 Å². The first-order valence-corrected chi connectivity index (χ1v) is 22.2. The maximum atomic E-state index is 2.48. The van der Waals surface area contributed by atoms with Crippen LogP contribution < -0.4 is 0 Å². The van der Waals surface area contributed by atoms with Crippen LogP contribution in [0.2, 0.25) is 0 Å². The van der Waals surface area contributed by atoms with Crippen molar-refractivity contribution in [2.24, 2.45) is 0 Å². The van der Waals surface area contributed by atoms with Gasteiger partial charge in [-0.05, 0) is 135 Å². The van der Waals surface area contributed by atoms with Gasteiger partial charge in [-0.3, -0.25) is 0 Å². The monoisotopic (exact) mass is 801 g/mol. The van der Waals surface area contributed by atoms with Gasteiger partial charge in [0.05, 0.1) is 11.0 Å². The van der Waals surface area contributed by atoms with Crippen LogP contribution in [0.3, 0.4) is 0 Å². The van der Waals surface area contributed by atoms with Crippen molar-refractivity contribution in [2.45, 2.75) is 0 Å². The van der Waals surface area contributed by atoms with Gasteiger partial charge in [-0.2, -0.15) is 0 Å². The van der Waals surface area contributed by atoms with Gasteiger partial charge in [-0.1, -0.05) is 164 Å². The van der Waals surface area contributed by atoms with Crippen LogP contribution in [0.25, 0.3) is 135 Å². The molecule has 0 saturated carbocycles. The first-order chi connectivity index (χ1) is 30.8. The van der Waals surface area contributed by atoms with Crippen molar-refractivity contribution in [1.29, 1.82) is 0 Å². The molecule has 0 aliphatic rings. The number of benzene rings is 12. The van der Waals surface area contributed by atoms with Gasteiger partial charge in [0.1, 0.15) is 0 Å². The van der Waals surface area contributed by atoms with Crippen LogP contribution in [-0.4, -0.2) is 4.57 Å². The molecule has 14 rings (SSSR count). The van der Waals surface area contributed by atoms with Crippen LogP contribution >= 0.6 is 11.3 Å². The average molecular weight is 802 g/mol. The molecule has 286 valence electrons. The first-order valence-electron chi connectivity index (χ1n) is 21.4. The molecule has 1 nitrogen and oxygen atoms in total. The summed E-state index contributed by atoms with van der Waals surface area (Å²) in [5.74, 6) is 0. The highest BCUT2D eigenvalue weighted by atomic mass is 32.1. The van der Waals surface area contributed by atoms with Crippen molar-refractivity contribution in [2.75, 3.05) is 0 Å². The molecular weight excluding hydrogens is 767 g/mol. The van der Waals surface area contributed by atoms with Gasteiger partial charge in [-0.25, -0.2) is 0 Å². The summed E-state index contributed by atoms with van der Waals surface area (Å²) in [4.78, 5) is 0. The van der Waals surface area contributed by atoms with Crippen molar-refractivity contribution in [3.8, 4) is 27.9 Å². The molecule has 62 heavy (non-hydrogen) atoms. The molecule has 2 aromatic heterocycles. The third-order valence-electron chi connectivity index (χ3n) is 13.5. The first kappa shape index (κ1) is 34.0. The molecule has 0 N–H and O–H groups in total. The molecule has 2 heterocycles. The van der Waals surface area contributed by atoms with Crippen molar-refractivity contribution < 1.29 is 0 Å². The minimum absolute atomic E-state index is 1.17. The van der Waals surface area contributed by atoms with Crippen LogP contribution in [0.4, 0.5) is 0 Å². The maximum absolute atomic E-state index is 2.48. The fraction of sp³-hybridized carbons (Fsp3) is 0. The van der Waals surface area contributed by atoms with E-state index < -0.39 is 0 Å². The fourth-order valence-electron chi connectivity index (χ4n) is 10.9. The summed E-state index contributed by atoms with van der Waals surface area (Å²) in [7, 11) is 0. The number of hydrogen-bond donors (Lipinski definition) is 0. The number of nitrogens with zero attached hydrogens (tertiary/aromatic N) is 1. The largest absolute Gasteiger partial charge is 0.309 e. The van der Waals surface area contributed by atoms with Crippen molar-refractivity contribution in [1.82, 2.24) is 4.57 Å². The lowest BCUT2D eigenvalue weighted by atomic mass is 9.85. The van der Waals surface area contributed by atoms with E-state index in [1.807, 2.05) is 11.3 Å². The van der Waals surface area contributed by atoms with Gasteiger partial charge in [0, 0.05) is 36.6 Å². The Kier molecular flexibility index (Phi) is 7.05. The summed E-state index contributed by atoms with van der Waals surface area (Å²) in [5.41, 5.74) is 8.64.